The van der Waals surface area contributed by atoms with Crippen LogP contribution in [0.2, 0.25) is 0 Å². The van der Waals surface area contributed by atoms with Gasteiger partial charge in [0.2, 0.25) is 0 Å². The molecule has 1 saturated carbocycles. The average Bonchev–Trinajstić information content (AvgIpc) is 2.96. The maximum absolute atomic E-state index is 12.5. The predicted molar refractivity (Wildman–Crippen MR) is 68.0 cm³/mol. The minimum absolute atomic E-state index is 0.0218. The van der Waals surface area contributed by atoms with E-state index in [0.717, 1.165) is 18.4 Å². The van der Waals surface area contributed by atoms with Gasteiger partial charge in [-0.25, -0.2) is 0 Å². The molecule has 100 valence electrons. The Morgan fingerprint density at radius 2 is 2.17 bits per heavy atom. The topological polar surface area (TPSA) is 49.8 Å². The van der Waals surface area contributed by atoms with Crippen molar-refractivity contribution in [2.45, 2.75) is 58.3 Å². The van der Waals surface area contributed by atoms with Gasteiger partial charge in [-0.15, -0.1) is 0 Å². The molecule has 3 heteroatoms. The van der Waals surface area contributed by atoms with Gasteiger partial charge in [-0.2, -0.15) is 0 Å². The molecule has 0 spiro atoms. The third kappa shape index (κ3) is 1.47. The molecule has 1 N–H and O–H groups in total. The van der Waals surface area contributed by atoms with E-state index in [1.54, 1.807) is 6.08 Å². The summed E-state index contributed by atoms with van der Waals surface area (Å²) in [5, 5.41) is 10.4. The van der Waals surface area contributed by atoms with Gasteiger partial charge in [0.05, 0.1) is 23.2 Å². The molecule has 5 atom stereocenters. The highest BCUT2D eigenvalue weighted by atomic mass is 16.6. The van der Waals surface area contributed by atoms with Crippen molar-refractivity contribution >= 4 is 5.78 Å². The van der Waals surface area contributed by atoms with Crippen LogP contribution in [-0.4, -0.2) is 28.7 Å². The molecule has 0 aromatic heterocycles. The van der Waals surface area contributed by atoms with Crippen molar-refractivity contribution in [3.05, 3.63) is 11.6 Å². The smallest absolute Gasteiger partial charge is 0.164 e. The van der Waals surface area contributed by atoms with Gasteiger partial charge in [0.25, 0.3) is 0 Å². The van der Waals surface area contributed by atoms with Gasteiger partial charge in [-0.3, -0.25) is 4.79 Å². The van der Waals surface area contributed by atoms with Gasteiger partial charge in [0, 0.05) is 5.92 Å². The number of aliphatic hydroxyl groups is 1. The molecule has 2 fully saturated rings. The minimum atomic E-state index is -0.777. The van der Waals surface area contributed by atoms with Crippen LogP contribution in [0, 0.1) is 17.3 Å². The van der Waals surface area contributed by atoms with Gasteiger partial charge in [0.1, 0.15) is 0 Å². The zero-order chi connectivity index (χ0) is 13.3. The highest BCUT2D eigenvalue weighted by Crippen LogP contribution is 2.63. The highest BCUT2D eigenvalue weighted by molar-refractivity contribution is 5.97. The molecule has 0 radical (unpaired) electrons. The lowest BCUT2D eigenvalue weighted by molar-refractivity contribution is -0.131. The molecule has 2 aliphatic carbocycles. The van der Waals surface area contributed by atoms with Gasteiger partial charge in [-0.1, -0.05) is 5.57 Å². The predicted octanol–water partition coefficient (Wildman–Crippen LogP) is 2.09. The first-order valence-corrected chi connectivity index (χ1v) is 6.85. The average molecular weight is 250 g/mol. The number of hydrogen-bond acceptors (Lipinski definition) is 3. The SMILES string of the molecule is CC1=CC(=O)[C@]2(C)[C@@H]3O[C@@H]3[C@@H](C(C)(C)O)[C@@H]2CC1. The summed E-state index contributed by atoms with van der Waals surface area (Å²) >= 11 is 0. The number of rotatable bonds is 1. The highest BCUT2D eigenvalue weighted by Gasteiger charge is 2.72. The summed E-state index contributed by atoms with van der Waals surface area (Å²) in [6, 6.07) is 0. The van der Waals surface area contributed by atoms with Gasteiger partial charge < -0.3 is 9.84 Å². The van der Waals surface area contributed by atoms with E-state index >= 15 is 0 Å². The van der Waals surface area contributed by atoms with Crippen LogP contribution in [0.5, 0.6) is 0 Å². The second-order valence-electron chi connectivity index (χ2n) is 6.98. The fraction of sp³-hybridized carbons (Fsp3) is 0.800. The van der Waals surface area contributed by atoms with Crippen LogP contribution in [0.1, 0.15) is 40.5 Å². The third-order valence-corrected chi connectivity index (χ3v) is 5.25. The second-order valence-corrected chi connectivity index (χ2v) is 6.98. The Balaban J connectivity index is 2.02. The van der Waals surface area contributed by atoms with Crippen LogP contribution < -0.4 is 0 Å². The third-order valence-electron chi connectivity index (χ3n) is 5.25. The number of hydrogen-bond donors (Lipinski definition) is 1. The van der Waals surface area contributed by atoms with E-state index in [9.17, 15) is 9.90 Å². The monoisotopic (exact) mass is 250 g/mol. The van der Waals surface area contributed by atoms with Crippen LogP contribution in [0.3, 0.4) is 0 Å². The fourth-order valence-electron chi connectivity index (χ4n) is 4.22. The summed E-state index contributed by atoms with van der Waals surface area (Å²) in [6.07, 6.45) is 3.84. The lowest BCUT2D eigenvalue weighted by Crippen LogP contribution is -2.44. The van der Waals surface area contributed by atoms with Crippen molar-refractivity contribution in [3.8, 4) is 0 Å². The van der Waals surface area contributed by atoms with E-state index < -0.39 is 11.0 Å². The fourth-order valence-corrected chi connectivity index (χ4v) is 4.22. The Kier molecular flexibility index (Phi) is 2.37. The zero-order valence-corrected chi connectivity index (χ0v) is 11.6. The quantitative estimate of drug-likeness (QED) is 0.725. The molecular weight excluding hydrogens is 228 g/mol. The van der Waals surface area contributed by atoms with Crippen molar-refractivity contribution in [3.63, 3.8) is 0 Å². The van der Waals surface area contributed by atoms with E-state index in [1.165, 1.54) is 0 Å². The number of fused-ring (bicyclic) bond motifs is 3. The van der Waals surface area contributed by atoms with E-state index in [4.69, 9.17) is 4.74 Å². The van der Waals surface area contributed by atoms with Crippen LogP contribution in [0.15, 0.2) is 11.6 Å². The Morgan fingerprint density at radius 1 is 1.50 bits per heavy atom. The number of allylic oxidation sites excluding steroid dienone is 2. The summed E-state index contributed by atoms with van der Waals surface area (Å²) < 4.78 is 5.72. The van der Waals surface area contributed by atoms with Crippen molar-refractivity contribution in [1.82, 2.24) is 0 Å². The molecule has 1 heterocycles. The summed E-state index contributed by atoms with van der Waals surface area (Å²) in [7, 11) is 0. The van der Waals surface area contributed by atoms with Crippen LogP contribution in [-0.2, 0) is 9.53 Å². The molecule has 0 amide bonds. The van der Waals surface area contributed by atoms with Gasteiger partial charge in [0.15, 0.2) is 5.78 Å². The molecule has 0 bridgehead atoms. The molecule has 1 aliphatic heterocycles. The lowest BCUT2D eigenvalue weighted by atomic mass is 9.68. The summed E-state index contributed by atoms with van der Waals surface area (Å²) in [4.78, 5) is 12.5. The maximum atomic E-state index is 12.5. The number of carbonyl (C=O) groups excluding carboxylic acids is 1. The van der Waals surface area contributed by atoms with Crippen molar-refractivity contribution in [2.75, 3.05) is 0 Å². The number of ketones is 1. The summed E-state index contributed by atoms with van der Waals surface area (Å²) in [5.41, 5.74) is -0.0460. The van der Waals surface area contributed by atoms with Crippen molar-refractivity contribution < 1.29 is 14.6 Å². The first kappa shape index (κ1) is 12.4. The van der Waals surface area contributed by atoms with Gasteiger partial charge in [-0.05, 0) is 52.5 Å². The first-order chi connectivity index (χ1) is 8.26. The van der Waals surface area contributed by atoms with Gasteiger partial charge >= 0.3 is 0 Å². The minimum Gasteiger partial charge on any atom is -0.390 e. The first-order valence-electron chi connectivity index (χ1n) is 6.85. The molecular formula is C15H22O3. The largest absolute Gasteiger partial charge is 0.390 e. The molecule has 0 unspecified atom stereocenters. The normalized spacial score (nSPS) is 47.2. The zero-order valence-electron chi connectivity index (χ0n) is 11.6. The molecule has 0 aromatic carbocycles. The van der Waals surface area contributed by atoms with Crippen molar-refractivity contribution in [2.24, 2.45) is 17.3 Å². The number of epoxide rings is 1. The summed E-state index contributed by atoms with van der Waals surface area (Å²) in [5.74, 6) is 0.514. The van der Waals surface area contributed by atoms with E-state index in [2.05, 4.69) is 0 Å². The van der Waals surface area contributed by atoms with Crippen LogP contribution >= 0.6 is 0 Å². The van der Waals surface area contributed by atoms with Crippen LogP contribution in [0.4, 0.5) is 0 Å². The Bertz CT molecular complexity index is 432. The lowest BCUT2D eigenvalue weighted by Gasteiger charge is -2.38. The Morgan fingerprint density at radius 3 is 2.78 bits per heavy atom. The molecule has 3 rings (SSSR count). The van der Waals surface area contributed by atoms with E-state index in [1.807, 2.05) is 27.7 Å². The van der Waals surface area contributed by atoms with E-state index in [0.29, 0.717) is 0 Å². The summed E-state index contributed by atoms with van der Waals surface area (Å²) in [6.45, 7) is 7.74. The molecule has 3 nitrogen and oxygen atoms in total. The van der Waals surface area contributed by atoms with Crippen molar-refractivity contribution in [1.29, 1.82) is 0 Å². The van der Waals surface area contributed by atoms with Crippen LogP contribution in [0.25, 0.3) is 0 Å². The Hall–Kier alpha value is -0.670. The second kappa shape index (κ2) is 3.45. The molecule has 1 saturated heterocycles. The number of carbonyl (C=O) groups is 1. The molecule has 18 heavy (non-hydrogen) atoms. The molecule has 0 aromatic rings. The Labute approximate surface area is 108 Å². The standard InChI is InChI=1S/C15H22O3/c1-8-5-6-9-11(14(2,3)17)12-13(18-12)15(9,4)10(16)7-8/h7,9,11-13,17H,5-6H2,1-4H3/t9-,11-,12+,13+,15+/m0/s1. The molecule has 3 aliphatic rings. The van der Waals surface area contributed by atoms with E-state index in [-0.39, 0.29) is 29.8 Å². The number of ether oxygens (including phenoxy) is 1. The maximum Gasteiger partial charge on any atom is 0.164 e.